The normalized spacial score (nSPS) is 10.8. The lowest BCUT2D eigenvalue weighted by Crippen LogP contribution is -1.94. The Morgan fingerprint density at radius 3 is 2.87 bits per heavy atom. The lowest BCUT2D eigenvalue weighted by Gasteiger charge is -2.01. The summed E-state index contributed by atoms with van der Waals surface area (Å²) in [7, 11) is 2.04. The molecular formula is C13H15NO. The van der Waals surface area contributed by atoms with Gasteiger partial charge in [0.05, 0.1) is 0 Å². The summed E-state index contributed by atoms with van der Waals surface area (Å²) in [6.45, 7) is 1.64. The van der Waals surface area contributed by atoms with Gasteiger partial charge in [0.25, 0.3) is 0 Å². The number of fused-ring (bicyclic) bond motifs is 1. The van der Waals surface area contributed by atoms with E-state index < -0.39 is 0 Å². The van der Waals surface area contributed by atoms with Gasteiger partial charge < -0.3 is 9.36 Å². The van der Waals surface area contributed by atoms with Gasteiger partial charge in [-0.05, 0) is 36.4 Å². The second-order valence-corrected chi connectivity index (χ2v) is 4.02. The van der Waals surface area contributed by atoms with E-state index in [1.165, 1.54) is 16.5 Å². The number of aromatic nitrogens is 1. The van der Waals surface area contributed by atoms with E-state index in [0.717, 1.165) is 6.42 Å². The van der Waals surface area contributed by atoms with Crippen LogP contribution in [0.4, 0.5) is 0 Å². The smallest absolute Gasteiger partial charge is 0.130 e. The highest BCUT2D eigenvalue weighted by molar-refractivity contribution is 5.81. The second-order valence-electron chi connectivity index (χ2n) is 4.02. The molecule has 1 heterocycles. The predicted octanol–water partition coefficient (Wildman–Crippen LogP) is 2.70. The molecule has 0 unspecified atom stereocenters. The summed E-state index contributed by atoms with van der Waals surface area (Å²) in [6.07, 6.45) is 3.53. The van der Waals surface area contributed by atoms with E-state index in [4.69, 9.17) is 0 Å². The minimum absolute atomic E-state index is 0.252. The molecule has 78 valence electrons. The molecule has 0 saturated carbocycles. The molecule has 0 aliphatic heterocycles. The highest BCUT2D eigenvalue weighted by Gasteiger charge is 2.01. The highest BCUT2D eigenvalue weighted by atomic mass is 16.1. The maximum absolute atomic E-state index is 10.9. The number of hydrogen-bond donors (Lipinski definition) is 0. The van der Waals surface area contributed by atoms with E-state index in [0.29, 0.717) is 6.42 Å². The van der Waals surface area contributed by atoms with Gasteiger partial charge in [0.2, 0.25) is 0 Å². The maximum Gasteiger partial charge on any atom is 0.130 e. The van der Waals surface area contributed by atoms with Crippen LogP contribution in [0.15, 0.2) is 30.5 Å². The lowest BCUT2D eigenvalue weighted by molar-refractivity contribution is -0.116. The number of benzene rings is 1. The van der Waals surface area contributed by atoms with E-state index in [2.05, 4.69) is 35.0 Å². The van der Waals surface area contributed by atoms with Crippen molar-refractivity contribution >= 4 is 16.7 Å². The van der Waals surface area contributed by atoms with Crippen LogP contribution < -0.4 is 0 Å². The Labute approximate surface area is 89.5 Å². The fraction of sp³-hybridized carbons (Fsp3) is 0.308. The first kappa shape index (κ1) is 9.97. The molecule has 2 heteroatoms. The fourth-order valence-electron chi connectivity index (χ4n) is 1.78. The maximum atomic E-state index is 10.9. The number of hydrogen-bond acceptors (Lipinski definition) is 1. The Hall–Kier alpha value is -1.57. The van der Waals surface area contributed by atoms with Crippen LogP contribution in [0.2, 0.25) is 0 Å². The minimum atomic E-state index is 0.252. The quantitative estimate of drug-likeness (QED) is 0.748. The van der Waals surface area contributed by atoms with Gasteiger partial charge in [0.1, 0.15) is 5.78 Å². The monoisotopic (exact) mass is 201 g/mol. The second kappa shape index (κ2) is 3.89. The third-order valence-corrected chi connectivity index (χ3v) is 2.72. The van der Waals surface area contributed by atoms with Crippen molar-refractivity contribution in [3.05, 3.63) is 36.0 Å². The topological polar surface area (TPSA) is 22.0 Å². The minimum Gasteiger partial charge on any atom is -0.351 e. The van der Waals surface area contributed by atoms with Gasteiger partial charge >= 0.3 is 0 Å². The van der Waals surface area contributed by atoms with E-state index >= 15 is 0 Å². The summed E-state index contributed by atoms with van der Waals surface area (Å²) in [6, 6.07) is 8.48. The molecule has 2 nitrogen and oxygen atoms in total. The molecule has 0 fully saturated rings. The zero-order chi connectivity index (χ0) is 10.8. The number of Topliss-reactive ketones (excluding diaryl/α,β-unsaturated/α-hetero) is 1. The van der Waals surface area contributed by atoms with Crippen LogP contribution >= 0.6 is 0 Å². The van der Waals surface area contributed by atoms with Crippen molar-refractivity contribution in [2.75, 3.05) is 0 Å². The zero-order valence-electron chi connectivity index (χ0n) is 9.16. The van der Waals surface area contributed by atoms with Crippen molar-refractivity contribution in [3.63, 3.8) is 0 Å². The summed E-state index contributed by atoms with van der Waals surface area (Å²) >= 11 is 0. The van der Waals surface area contributed by atoms with Crippen LogP contribution in [0.1, 0.15) is 18.9 Å². The lowest BCUT2D eigenvalue weighted by atomic mass is 10.1. The summed E-state index contributed by atoms with van der Waals surface area (Å²) in [5, 5.41) is 1.25. The number of nitrogens with zero attached hydrogens (tertiary/aromatic N) is 1. The Balaban J connectivity index is 2.29. The molecule has 0 N–H and O–H groups in total. The molecule has 0 aliphatic carbocycles. The molecule has 1 aromatic heterocycles. The van der Waals surface area contributed by atoms with Gasteiger partial charge in [-0.15, -0.1) is 0 Å². The molecule has 0 aliphatic rings. The molecule has 1 aromatic carbocycles. The van der Waals surface area contributed by atoms with Crippen LogP contribution in [0.5, 0.6) is 0 Å². The Morgan fingerprint density at radius 2 is 2.13 bits per heavy atom. The van der Waals surface area contributed by atoms with E-state index in [9.17, 15) is 4.79 Å². The molecule has 0 saturated heterocycles. The fourth-order valence-corrected chi connectivity index (χ4v) is 1.78. The van der Waals surface area contributed by atoms with Crippen LogP contribution in [0, 0.1) is 0 Å². The third kappa shape index (κ3) is 2.09. The molecule has 0 bridgehead atoms. The van der Waals surface area contributed by atoms with E-state index in [-0.39, 0.29) is 5.78 Å². The van der Waals surface area contributed by atoms with Crippen molar-refractivity contribution in [1.82, 2.24) is 4.57 Å². The Bertz CT molecular complexity index is 496. The molecule has 0 spiro atoms. The first-order valence-electron chi connectivity index (χ1n) is 5.20. The molecule has 2 aromatic rings. The summed E-state index contributed by atoms with van der Waals surface area (Å²) in [4.78, 5) is 10.9. The predicted molar refractivity (Wildman–Crippen MR) is 61.9 cm³/mol. The molecule has 0 atom stereocenters. The number of carbonyl (C=O) groups excluding carboxylic acids is 1. The van der Waals surface area contributed by atoms with Crippen molar-refractivity contribution in [2.24, 2.45) is 7.05 Å². The van der Waals surface area contributed by atoms with Gasteiger partial charge in [-0.3, -0.25) is 0 Å². The van der Waals surface area contributed by atoms with Crippen molar-refractivity contribution < 1.29 is 4.79 Å². The molecule has 15 heavy (non-hydrogen) atoms. The van der Waals surface area contributed by atoms with Gasteiger partial charge in [-0.1, -0.05) is 12.1 Å². The summed E-state index contributed by atoms with van der Waals surface area (Å²) in [5.41, 5.74) is 2.47. The SMILES string of the molecule is CC(=O)CCc1ccc2ccn(C)c2c1. The van der Waals surface area contributed by atoms with Crippen LogP contribution in [-0.4, -0.2) is 10.4 Å². The van der Waals surface area contributed by atoms with E-state index in [1.807, 2.05) is 7.05 Å². The van der Waals surface area contributed by atoms with Crippen LogP contribution in [-0.2, 0) is 18.3 Å². The largest absolute Gasteiger partial charge is 0.351 e. The average molecular weight is 201 g/mol. The third-order valence-electron chi connectivity index (χ3n) is 2.72. The highest BCUT2D eigenvalue weighted by Crippen LogP contribution is 2.17. The van der Waals surface area contributed by atoms with Crippen LogP contribution in [0.25, 0.3) is 10.9 Å². The number of aryl methyl sites for hydroxylation is 2. The molecular weight excluding hydrogens is 186 g/mol. The zero-order valence-corrected chi connectivity index (χ0v) is 9.16. The number of carbonyl (C=O) groups is 1. The first-order valence-corrected chi connectivity index (χ1v) is 5.20. The Kier molecular flexibility index (Phi) is 2.58. The van der Waals surface area contributed by atoms with Crippen molar-refractivity contribution in [2.45, 2.75) is 19.8 Å². The first-order chi connectivity index (χ1) is 7.16. The van der Waals surface area contributed by atoms with Crippen LogP contribution in [0.3, 0.4) is 0 Å². The van der Waals surface area contributed by atoms with Gasteiger partial charge in [-0.25, -0.2) is 0 Å². The average Bonchev–Trinajstić information content (AvgIpc) is 2.57. The van der Waals surface area contributed by atoms with E-state index in [1.54, 1.807) is 6.92 Å². The Morgan fingerprint density at radius 1 is 1.33 bits per heavy atom. The molecule has 0 amide bonds. The molecule has 0 radical (unpaired) electrons. The standard InChI is InChI=1S/C13H15NO/c1-10(15)3-4-11-5-6-12-7-8-14(2)13(12)9-11/h5-9H,3-4H2,1-2H3. The molecule has 2 rings (SSSR count). The number of ketones is 1. The van der Waals surface area contributed by atoms with Crippen molar-refractivity contribution in [1.29, 1.82) is 0 Å². The van der Waals surface area contributed by atoms with Crippen molar-refractivity contribution in [3.8, 4) is 0 Å². The van der Waals surface area contributed by atoms with Gasteiger partial charge in [0.15, 0.2) is 0 Å². The summed E-state index contributed by atoms with van der Waals surface area (Å²) < 4.78 is 2.10. The summed E-state index contributed by atoms with van der Waals surface area (Å²) in [5.74, 6) is 0.252. The van der Waals surface area contributed by atoms with Gasteiger partial charge in [0, 0.05) is 25.2 Å². The number of rotatable bonds is 3. The van der Waals surface area contributed by atoms with Gasteiger partial charge in [-0.2, -0.15) is 0 Å².